The Bertz CT molecular complexity index is 1180. The lowest BCUT2D eigenvalue weighted by molar-refractivity contribution is -0.112. The molecule has 0 spiro atoms. The zero-order valence-corrected chi connectivity index (χ0v) is 19.0. The number of rotatable bonds is 5. The maximum atomic E-state index is 12.6. The summed E-state index contributed by atoms with van der Waals surface area (Å²) in [5.41, 5.74) is 5.67. The van der Waals surface area contributed by atoms with Gasteiger partial charge in [0.2, 0.25) is 0 Å². The number of amides is 1. The molecule has 3 aromatic rings. The minimum atomic E-state index is -0.428. The van der Waals surface area contributed by atoms with Gasteiger partial charge in [0.05, 0.1) is 0 Å². The second-order valence-corrected chi connectivity index (χ2v) is 8.25. The van der Waals surface area contributed by atoms with Gasteiger partial charge in [-0.15, -0.1) is 0 Å². The van der Waals surface area contributed by atoms with E-state index in [2.05, 4.69) is 21.2 Å². The predicted molar refractivity (Wildman–Crippen MR) is 127 cm³/mol. The van der Waals surface area contributed by atoms with Crippen LogP contribution in [0.4, 0.5) is 5.69 Å². The number of hydrogen-bond donors (Lipinski definition) is 1. The lowest BCUT2D eigenvalue weighted by Crippen LogP contribution is -2.14. The Morgan fingerprint density at radius 2 is 1.87 bits per heavy atom. The van der Waals surface area contributed by atoms with Gasteiger partial charge in [0.1, 0.15) is 11.6 Å². The monoisotopic (exact) mass is 478 g/mol. The van der Waals surface area contributed by atoms with Crippen molar-refractivity contribution in [2.45, 2.75) is 20.3 Å². The first-order valence-corrected chi connectivity index (χ1v) is 10.6. The normalized spacial score (nSPS) is 11.1. The lowest BCUT2D eigenvalue weighted by atomic mass is 10.0. The predicted octanol–water partition coefficient (Wildman–Crippen LogP) is 6.86. The number of nitrogens with zero attached hydrogens (tertiary/aromatic N) is 1. The molecule has 0 atom stereocenters. The summed E-state index contributed by atoms with van der Waals surface area (Å²) in [5, 5.41) is 13.1. The van der Waals surface area contributed by atoms with Crippen molar-refractivity contribution in [3.05, 3.63) is 104 Å². The quantitative estimate of drug-likeness (QED) is 0.321. The number of hydrogen-bond acceptors (Lipinski definition) is 2. The van der Waals surface area contributed by atoms with Crippen LogP contribution in [0.15, 0.2) is 70.7 Å². The molecule has 1 amide bonds. The van der Waals surface area contributed by atoms with Gasteiger partial charge >= 0.3 is 0 Å². The van der Waals surface area contributed by atoms with Crippen LogP contribution in [0.2, 0.25) is 5.02 Å². The van der Waals surface area contributed by atoms with Crippen LogP contribution in [0.25, 0.3) is 6.08 Å². The molecule has 0 aromatic heterocycles. The van der Waals surface area contributed by atoms with Crippen LogP contribution in [0, 0.1) is 25.2 Å². The van der Waals surface area contributed by atoms with Crippen LogP contribution in [0.1, 0.15) is 27.8 Å². The van der Waals surface area contributed by atoms with E-state index in [-0.39, 0.29) is 5.57 Å². The zero-order chi connectivity index (χ0) is 21.7. The minimum absolute atomic E-state index is 0.0432. The summed E-state index contributed by atoms with van der Waals surface area (Å²) in [6.07, 6.45) is 2.27. The number of benzene rings is 3. The first-order chi connectivity index (χ1) is 14.4. The molecule has 1 N–H and O–H groups in total. The highest BCUT2D eigenvalue weighted by Gasteiger charge is 2.12. The van der Waals surface area contributed by atoms with Crippen molar-refractivity contribution in [2.24, 2.45) is 0 Å². The molecule has 5 heteroatoms. The Labute approximate surface area is 190 Å². The van der Waals surface area contributed by atoms with E-state index in [9.17, 15) is 10.1 Å². The third-order valence-electron chi connectivity index (χ3n) is 4.94. The highest BCUT2D eigenvalue weighted by molar-refractivity contribution is 9.10. The van der Waals surface area contributed by atoms with E-state index < -0.39 is 5.91 Å². The first kappa shape index (κ1) is 21.8. The highest BCUT2D eigenvalue weighted by Crippen LogP contribution is 2.26. The van der Waals surface area contributed by atoms with Crippen LogP contribution in [-0.2, 0) is 11.2 Å². The number of halogens is 2. The van der Waals surface area contributed by atoms with E-state index in [1.165, 1.54) is 0 Å². The van der Waals surface area contributed by atoms with Crippen LogP contribution in [-0.4, -0.2) is 5.91 Å². The van der Waals surface area contributed by atoms with E-state index in [4.69, 9.17) is 11.6 Å². The molecule has 0 heterocycles. The molecule has 3 nitrogen and oxygen atoms in total. The average molecular weight is 480 g/mol. The zero-order valence-electron chi connectivity index (χ0n) is 16.7. The number of aryl methyl sites for hydroxylation is 1. The Balaban J connectivity index is 1.81. The van der Waals surface area contributed by atoms with Gasteiger partial charge in [-0.25, -0.2) is 0 Å². The molecule has 0 saturated carbocycles. The molecule has 0 saturated heterocycles. The lowest BCUT2D eigenvalue weighted by Gasteiger charge is -2.10. The summed E-state index contributed by atoms with van der Waals surface area (Å²) in [7, 11) is 0. The fourth-order valence-electron chi connectivity index (χ4n) is 3.04. The van der Waals surface area contributed by atoms with Crippen molar-refractivity contribution in [1.29, 1.82) is 5.26 Å². The molecule has 30 heavy (non-hydrogen) atoms. The highest BCUT2D eigenvalue weighted by atomic mass is 79.9. The van der Waals surface area contributed by atoms with Gasteiger partial charge in [-0.1, -0.05) is 70.0 Å². The summed E-state index contributed by atoms with van der Waals surface area (Å²) in [6, 6.07) is 21.2. The number of nitrogens with one attached hydrogen (secondary N) is 1. The van der Waals surface area contributed by atoms with Gasteiger partial charge < -0.3 is 5.32 Å². The molecule has 0 aliphatic heterocycles. The van der Waals surface area contributed by atoms with Gasteiger partial charge in [-0.2, -0.15) is 5.26 Å². The fourth-order valence-corrected chi connectivity index (χ4v) is 3.77. The third-order valence-corrected chi connectivity index (χ3v) is 6.05. The third kappa shape index (κ3) is 5.18. The van der Waals surface area contributed by atoms with Crippen molar-refractivity contribution >= 4 is 45.2 Å². The number of carbonyl (C=O) groups is 1. The molecule has 150 valence electrons. The van der Waals surface area contributed by atoms with E-state index in [0.29, 0.717) is 12.1 Å². The first-order valence-electron chi connectivity index (χ1n) is 9.40. The minimum Gasteiger partial charge on any atom is -0.321 e. The molecule has 0 radical (unpaired) electrons. The average Bonchev–Trinajstić information content (AvgIpc) is 2.73. The van der Waals surface area contributed by atoms with Crippen molar-refractivity contribution in [3.63, 3.8) is 0 Å². The van der Waals surface area contributed by atoms with E-state index >= 15 is 0 Å². The standard InChI is InChI=1S/C25H20BrClN2O/c1-16-6-5-9-24(17(16)2)29-25(30)21(15-28)12-18-10-11-19(22(26)13-18)14-20-7-3-4-8-23(20)27/h3-13H,14H2,1-2H3,(H,29,30)/b21-12+. The number of nitriles is 1. The van der Waals surface area contributed by atoms with Gasteiger partial charge in [-0.05, 0) is 65.9 Å². The summed E-state index contributed by atoms with van der Waals surface area (Å²) < 4.78 is 0.892. The summed E-state index contributed by atoms with van der Waals surface area (Å²) in [4.78, 5) is 12.6. The molecule has 0 aliphatic carbocycles. The molecule has 0 bridgehead atoms. The summed E-state index contributed by atoms with van der Waals surface area (Å²) >= 11 is 9.86. The Morgan fingerprint density at radius 3 is 2.57 bits per heavy atom. The van der Waals surface area contributed by atoms with E-state index in [1.54, 1.807) is 6.08 Å². The Kier molecular flexibility index (Phi) is 7.10. The molecule has 0 unspecified atom stereocenters. The van der Waals surface area contributed by atoms with Crippen LogP contribution in [0.3, 0.4) is 0 Å². The van der Waals surface area contributed by atoms with Gasteiger partial charge in [0.25, 0.3) is 5.91 Å². The molecule has 0 fully saturated rings. The van der Waals surface area contributed by atoms with Gasteiger partial charge in [0, 0.05) is 21.6 Å². The van der Waals surface area contributed by atoms with Gasteiger partial charge in [-0.3, -0.25) is 4.79 Å². The van der Waals surface area contributed by atoms with Crippen molar-refractivity contribution in [3.8, 4) is 6.07 Å². The molecular weight excluding hydrogens is 460 g/mol. The molecular formula is C25H20BrClN2O. The number of carbonyl (C=O) groups excluding carboxylic acids is 1. The fraction of sp³-hybridized carbons (Fsp3) is 0.120. The van der Waals surface area contributed by atoms with Crippen LogP contribution in [0.5, 0.6) is 0 Å². The number of anilines is 1. The Morgan fingerprint density at radius 1 is 1.10 bits per heavy atom. The van der Waals surface area contributed by atoms with Crippen LogP contribution < -0.4 is 5.32 Å². The van der Waals surface area contributed by atoms with E-state index in [0.717, 1.165) is 37.3 Å². The topological polar surface area (TPSA) is 52.9 Å². The van der Waals surface area contributed by atoms with E-state index in [1.807, 2.05) is 80.6 Å². The van der Waals surface area contributed by atoms with Crippen molar-refractivity contribution < 1.29 is 4.79 Å². The second-order valence-electron chi connectivity index (χ2n) is 6.99. The largest absolute Gasteiger partial charge is 0.321 e. The summed E-state index contributed by atoms with van der Waals surface area (Å²) in [6.45, 7) is 3.92. The SMILES string of the molecule is Cc1cccc(NC(=O)/C(C#N)=C/c2ccc(Cc3ccccc3Cl)c(Br)c2)c1C. The Hall–Kier alpha value is -2.87. The van der Waals surface area contributed by atoms with Crippen molar-refractivity contribution in [2.75, 3.05) is 5.32 Å². The van der Waals surface area contributed by atoms with Gasteiger partial charge in [0.15, 0.2) is 0 Å². The van der Waals surface area contributed by atoms with Crippen molar-refractivity contribution in [1.82, 2.24) is 0 Å². The van der Waals surface area contributed by atoms with Crippen LogP contribution >= 0.6 is 27.5 Å². The maximum absolute atomic E-state index is 12.6. The summed E-state index contributed by atoms with van der Waals surface area (Å²) in [5.74, 6) is -0.428. The molecule has 0 aliphatic rings. The maximum Gasteiger partial charge on any atom is 0.266 e. The second kappa shape index (κ2) is 9.75. The molecule has 3 rings (SSSR count). The molecule has 3 aromatic carbocycles. The smallest absolute Gasteiger partial charge is 0.266 e.